The van der Waals surface area contributed by atoms with Crippen LogP contribution in [0.3, 0.4) is 0 Å². The highest BCUT2D eigenvalue weighted by Crippen LogP contribution is 2.46. The van der Waals surface area contributed by atoms with Crippen molar-refractivity contribution < 1.29 is 43.5 Å². The Morgan fingerprint density at radius 1 is 0.556 bits per heavy atom. The Kier molecular flexibility index (Phi) is 5.26. The second-order valence-corrected chi connectivity index (χ2v) is 17.7. The summed E-state index contributed by atoms with van der Waals surface area (Å²) < 4.78 is 246. The van der Waals surface area contributed by atoms with Crippen LogP contribution < -0.4 is 0 Å². The third-order valence-electron chi connectivity index (χ3n) is 10.9. The molecule has 0 atom stereocenters. The van der Waals surface area contributed by atoms with Gasteiger partial charge in [-0.3, -0.25) is 9.55 Å². The van der Waals surface area contributed by atoms with Crippen LogP contribution in [0.5, 0.6) is 5.75 Å². The van der Waals surface area contributed by atoms with Crippen molar-refractivity contribution in [3.63, 3.8) is 0 Å². The van der Waals surface area contributed by atoms with E-state index in [1.807, 2.05) is 71.9 Å². The maximum Gasteiger partial charge on any atom is 0.149 e. The first-order valence-electron chi connectivity index (χ1n) is 34.1. The van der Waals surface area contributed by atoms with Crippen LogP contribution in [0.4, 0.5) is 0 Å². The molecule has 8 rings (SSSR count). The summed E-state index contributed by atoms with van der Waals surface area (Å²) >= 11 is 0. The number of phenols is 1. The molecule has 0 aliphatic rings. The molecule has 0 saturated heterocycles. The predicted molar refractivity (Wildman–Crippen MR) is 267 cm³/mol. The summed E-state index contributed by atoms with van der Waals surface area (Å²) in [5.41, 5.74) is -12.7. The van der Waals surface area contributed by atoms with Gasteiger partial charge in [-0.25, -0.2) is 4.98 Å². The molecule has 0 fully saturated rings. The summed E-state index contributed by atoms with van der Waals surface area (Å²) in [4.78, 5) is 9.41. The van der Waals surface area contributed by atoms with Gasteiger partial charge in [0.05, 0.1) is 31.9 Å². The Labute approximate surface area is 415 Å². The van der Waals surface area contributed by atoms with Crippen molar-refractivity contribution in [2.24, 2.45) is 0 Å². The van der Waals surface area contributed by atoms with Gasteiger partial charge in [0.1, 0.15) is 11.6 Å². The van der Waals surface area contributed by atoms with E-state index in [-0.39, 0.29) is 45.2 Å². The van der Waals surface area contributed by atoms with Gasteiger partial charge >= 0.3 is 0 Å². The van der Waals surface area contributed by atoms with Crippen molar-refractivity contribution in [1.82, 2.24) is 14.5 Å². The Hall–Kier alpha value is -6.26. The van der Waals surface area contributed by atoms with Crippen molar-refractivity contribution >= 4 is 11.0 Å². The lowest BCUT2D eigenvalue weighted by atomic mass is 9.78. The van der Waals surface area contributed by atoms with Gasteiger partial charge in [-0.05, 0) is 122 Å². The van der Waals surface area contributed by atoms with E-state index in [2.05, 4.69) is 4.98 Å². The van der Waals surface area contributed by atoms with Crippen LogP contribution in [0.25, 0.3) is 72.7 Å². The molecule has 0 aliphatic heterocycles. The highest BCUT2D eigenvalue weighted by Gasteiger charge is 2.30. The largest absolute Gasteiger partial charge is 0.507 e. The fourth-order valence-electron chi connectivity index (χ4n) is 7.61. The van der Waals surface area contributed by atoms with E-state index in [1.165, 1.54) is 16.7 Å². The van der Waals surface area contributed by atoms with Crippen LogP contribution in [-0.4, -0.2) is 19.6 Å². The molecule has 320 valence electrons. The maximum absolute atomic E-state index is 13.1. The van der Waals surface area contributed by atoms with E-state index in [4.69, 9.17) is 42.0 Å². The summed E-state index contributed by atoms with van der Waals surface area (Å²) in [6, 6.07) is 19.5. The Bertz CT molecular complexity index is 4090. The molecule has 0 unspecified atom stereocenters. The predicted octanol–water partition coefficient (Wildman–Crippen LogP) is 16.0. The highest BCUT2D eigenvalue weighted by molar-refractivity contribution is 5.97. The summed E-state index contributed by atoms with van der Waals surface area (Å²) in [6.45, 7) is -17.0. The number of para-hydroxylation sites is 1. The summed E-state index contributed by atoms with van der Waals surface area (Å²) in [5.74, 6) is -2.04. The number of pyridine rings is 1. The average Bonchev–Trinajstić information content (AvgIpc) is 1.09. The third-order valence-corrected chi connectivity index (χ3v) is 10.9. The number of aromatic hydroxyl groups is 1. The second kappa shape index (κ2) is 15.8. The lowest BCUT2D eigenvalue weighted by Gasteiger charge is -2.28. The normalized spacial score (nSPS) is 20.5. The Balaban J connectivity index is 1.61. The molecule has 0 amide bonds. The molecule has 2 aromatic heterocycles. The van der Waals surface area contributed by atoms with Crippen LogP contribution in [0.2, 0.25) is 0 Å². The molecule has 6 aromatic carbocycles. The van der Waals surface area contributed by atoms with Gasteiger partial charge in [-0.2, -0.15) is 0 Å². The van der Waals surface area contributed by atoms with Gasteiger partial charge in [0.15, 0.2) is 0 Å². The molecule has 0 saturated carbocycles. The lowest BCUT2D eigenvalue weighted by molar-refractivity contribution is 0.446. The van der Waals surface area contributed by atoms with Crippen molar-refractivity contribution in [2.45, 2.75) is 111 Å². The number of rotatable bonds is 6. The molecule has 0 spiro atoms. The number of hydrogen-bond acceptors (Lipinski definition) is 3. The molecule has 0 aliphatic carbocycles. The van der Waals surface area contributed by atoms with Gasteiger partial charge in [-0.1, -0.05) is 173 Å². The summed E-state index contributed by atoms with van der Waals surface area (Å²) in [6.07, 6.45) is -0.778. The number of imidazole rings is 1. The van der Waals surface area contributed by atoms with Crippen molar-refractivity contribution in [3.8, 4) is 67.5 Å². The molecule has 4 nitrogen and oxygen atoms in total. The van der Waals surface area contributed by atoms with Crippen molar-refractivity contribution in [2.75, 3.05) is 0 Å². The SMILES string of the molecule is [2H]c1nc(-c2cc(-c3cccc4c3nc(-c3cc(C(C([2H])([2H])[2H])(C([2H])([2H])[2H])C([2H])([2H])[2H])cc(C(C([2H])([2H])[2H])(C([2H])([2H])[2H])C([2H])([2H])[2H])c3O)n4-c3ccc(-c4ccccc4)c(C(C)(C)C)c3)cc(C(C)(C)C)c2)c([2H])c(-c2c([2H])c([2H])c(C([2H])([2H])[2H])c([2H])c2[2H])c1[2H]. The average molecular weight is 858 g/mol. The van der Waals surface area contributed by atoms with Gasteiger partial charge in [-0.15, -0.1) is 0 Å². The zero-order valence-electron chi connectivity index (χ0n) is 63.5. The number of nitrogens with zero attached hydrogens (tertiary/aromatic N) is 3. The lowest BCUT2D eigenvalue weighted by Crippen LogP contribution is -2.17. The summed E-state index contributed by atoms with van der Waals surface area (Å²) in [7, 11) is 0. The van der Waals surface area contributed by atoms with Crippen LogP contribution in [0.15, 0.2) is 139 Å². The third kappa shape index (κ3) is 8.61. The fraction of sp³-hybridized carbons (Fsp3) is 0.288. The number of hydrogen-bond donors (Lipinski definition) is 1. The molecule has 0 bridgehead atoms. The van der Waals surface area contributed by atoms with Crippen LogP contribution in [-0.2, 0) is 21.7 Å². The van der Waals surface area contributed by atoms with Crippen molar-refractivity contribution in [3.05, 3.63) is 167 Å². The monoisotopic (exact) mass is 858 g/mol. The van der Waals surface area contributed by atoms with Gasteiger partial charge in [0.25, 0.3) is 0 Å². The first-order valence-corrected chi connectivity index (χ1v) is 20.1. The van der Waals surface area contributed by atoms with Gasteiger partial charge in [0.2, 0.25) is 0 Å². The number of fused-ring (bicyclic) bond motifs is 1. The minimum Gasteiger partial charge on any atom is -0.507 e. The molecular weight excluding hydrogens is 767 g/mol. The Morgan fingerprint density at radius 2 is 1.27 bits per heavy atom. The van der Waals surface area contributed by atoms with E-state index < -0.39 is 157 Å². The number of benzene rings is 6. The van der Waals surface area contributed by atoms with E-state index in [9.17, 15) is 6.48 Å². The summed E-state index contributed by atoms with van der Waals surface area (Å²) in [5, 5.41) is 13.1. The maximum atomic E-state index is 13.1. The van der Waals surface area contributed by atoms with E-state index in [0.29, 0.717) is 17.2 Å². The number of aromatic nitrogens is 3. The zero-order chi connectivity index (χ0) is 68.8. The van der Waals surface area contributed by atoms with Gasteiger partial charge in [0, 0.05) is 57.3 Å². The smallest absolute Gasteiger partial charge is 0.149 e. The Morgan fingerprint density at radius 3 is 1.95 bits per heavy atom. The van der Waals surface area contributed by atoms with Crippen LogP contribution in [0.1, 0.15) is 149 Å². The number of phenolic OH excluding ortho intramolecular Hbond substituents is 1. The molecule has 4 heteroatoms. The first-order chi connectivity index (χ1) is 41.2. The molecule has 1 N–H and O–H groups in total. The van der Waals surface area contributed by atoms with Crippen molar-refractivity contribution in [1.29, 1.82) is 0 Å². The fourth-order valence-corrected chi connectivity index (χ4v) is 7.61. The highest BCUT2D eigenvalue weighted by atomic mass is 16.3. The standard InChI is InChI=1S/C59H63N3O/c1-37-22-24-38(25-23-37)40-28-29-60-51(33-40)42-30-41(31-43(32-42)56(2,3)4)47-20-17-21-52-53(47)61-55(48-34-44(57(5,6)7)35-50(54(48)63)59(11,12)13)62(52)45-26-27-46(39-18-15-14-16-19-39)49(36-45)58(8,9)10/h14-36,63H,1-13H3/i1D3,5D3,6D3,7D3,11D3,12D3,13D3,22D,23D,24D,25D,28D,29D,33D. The second-order valence-electron chi connectivity index (χ2n) is 17.7. The topological polar surface area (TPSA) is 50.9 Å². The zero-order valence-corrected chi connectivity index (χ0v) is 35.5. The molecule has 2 heterocycles. The quantitative estimate of drug-likeness (QED) is 0.181. The van der Waals surface area contributed by atoms with E-state index >= 15 is 0 Å². The minimum atomic E-state index is -4.24. The molecular formula is C59H63N3O. The molecule has 8 aromatic rings. The van der Waals surface area contributed by atoms with E-state index in [0.717, 1.165) is 11.1 Å². The molecule has 0 radical (unpaired) electrons. The van der Waals surface area contributed by atoms with Crippen LogP contribution >= 0.6 is 0 Å². The first kappa shape index (κ1) is 20.9. The minimum absolute atomic E-state index is 0.0480. The van der Waals surface area contributed by atoms with E-state index in [1.54, 1.807) is 42.5 Å². The molecule has 63 heavy (non-hydrogen) atoms. The van der Waals surface area contributed by atoms with Crippen LogP contribution in [0, 0.1) is 6.85 Å². The van der Waals surface area contributed by atoms with Gasteiger partial charge < -0.3 is 5.11 Å².